The van der Waals surface area contributed by atoms with Crippen molar-refractivity contribution in [2.45, 2.75) is 24.9 Å². The van der Waals surface area contributed by atoms with Gasteiger partial charge in [0.1, 0.15) is 11.2 Å². The molecule has 1 aliphatic rings. The van der Waals surface area contributed by atoms with E-state index < -0.39 is 5.54 Å². The van der Waals surface area contributed by atoms with Gasteiger partial charge in [0.25, 0.3) is 0 Å². The molecule has 1 aliphatic heterocycles. The molecule has 16 heavy (non-hydrogen) atoms. The van der Waals surface area contributed by atoms with Crippen molar-refractivity contribution in [2.24, 2.45) is 10.4 Å². The van der Waals surface area contributed by atoms with Crippen LogP contribution in [0.3, 0.4) is 0 Å². The Morgan fingerprint density at radius 2 is 2.00 bits per heavy atom. The summed E-state index contributed by atoms with van der Waals surface area (Å²) >= 11 is 0. The van der Waals surface area contributed by atoms with Gasteiger partial charge in [-0.1, -0.05) is 17.3 Å². The van der Waals surface area contributed by atoms with E-state index in [1.54, 1.807) is 12.1 Å². The third-order valence-electron chi connectivity index (χ3n) is 2.97. The fraction of sp³-hybridized carbons (Fsp3) is 0.455. The normalized spacial score (nSPS) is 22.2. The highest BCUT2D eigenvalue weighted by atomic mass is 16.3. The molecular formula is C11H13N3O2. The molecule has 1 aromatic carbocycles. The highest BCUT2D eigenvalue weighted by Gasteiger charge is 2.42. The number of hydrogen-bond donors (Lipinski definition) is 1. The van der Waals surface area contributed by atoms with E-state index in [-0.39, 0.29) is 6.04 Å². The minimum absolute atomic E-state index is 0.175. The Balaban J connectivity index is 2.12. The Labute approximate surface area is 93.2 Å². The summed E-state index contributed by atoms with van der Waals surface area (Å²) in [4.78, 5) is 21.1. The van der Waals surface area contributed by atoms with Crippen LogP contribution in [0.5, 0.6) is 0 Å². The molecule has 0 aromatic heterocycles. The van der Waals surface area contributed by atoms with Crippen molar-refractivity contribution in [1.82, 2.24) is 5.32 Å². The van der Waals surface area contributed by atoms with Crippen molar-refractivity contribution in [1.29, 1.82) is 0 Å². The predicted molar refractivity (Wildman–Crippen MR) is 61.6 cm³/mol. The van der Waals surface area contributed by atoms with Crippen LogP contribution >= 0.6 is 0 Å². The largest absolute Gasteiger partial charge is 0.309 e. The predicted octanol–water partition coefficient (Wildman–Crippen LogP) is 2.12. The van der Waals surface area contributed by atoms with Crippen molar-refractivity contribution < 1.29 is 0 Å². The highest BCUT2D eigenvalue weighted by Crippen LogP contribution is 2.27. The average molecular weight is 219 g/mol. The van der Waals surface area contributed by atoms with Gasteiger partial charge in [-0.3, -0.25) is 0 Å². The third-order valence-corrected chi connectivity index (χ3v) is 2.97. The van der Waals surface area contributed by atoms with Crippen LogP contribution in [-0.4, -0.2) is 18.1 Å². The van der Waals surface area contributed by atoms with Crippen molar-refractivity contribution in [3.63, 3.8) is 0 Å². The number of nitroso groups, excluding NO2 is 2. The number of nitrogens with one attached hydrogen (secondary N) is 1. The molecule has 84 valence electrons. The Bertz CT molecular complexity index is 400. The topological polar surface area (TPSA) is 80.8 Å². The SMILES string of the molecule is CC(Cc1ccc(N=O)cc1)(N=O)C1CN1. The van der Waals surface area contributed by atoms with E-state index in [1.165, 1.54) is 0 Å². The van der Waals surface area contributed by atoms with Gasteiger partial charge in [0.05, 0.1) is 0 Å². The summed E-state index contributed by atoms with van der Waals surface area (Å²) in [6.07, 6.45) is 0.577. The van der Waals surface area contributed by atoms with Crippen LogP contribution in [0, 0.1) is 9.81 Å². The average Bonchev–Trinajstić information content (AvgIpc) is 3.14. The molecule has 2 atom stereocenters. The Kier molecular flexibility index (Phi) is 2.78. The fourth-order valence-corrected chi connectivity index (χ4v) is 1.81. The molecule has 0 saturated carbocycles. The van der Waals surface area contributed by atoms with E-state index in [1.807, 2.05) is 19.1 Å². The van der Waals surface area contributed by atoms with Crippen LogP contribution in [0.1, 0.15) is 12.5 Å². The lowest BCUT2D eigenvalue weighted by atomic mass is 9.90. The van der Waals surface area contributed by atoms with Gasteiger partial charge < -0.3 is 5.32 Å². The molecule has 0 aliphatic carbocycles. The van der Waals surface area contributed by atoms with Gasteiger partial charge in [-0.05, 0) is 29.8 Å². The molecule has 0 radical (unpaired) electrons. The second-order valence-electron chi connectivity index (χ2n) is 4.34. The molecule has 1 N–H and O–H groups in total. The molecule has 5 nitrogen and oxygen atoms in total. The zero-order valence-electron chi connectivity index (χ0n) is 9.01. The molecule has 1 heterocycles. The van der Waals surface area contributed by atoms with E-state index in [4.69, 9.17) is 0 Å². The van der Waals surface area contributed by atoms with E-state index in [2.05, 4.69) is 15.7 Å². The number of nitrogens with zero attached hydrogens (tertiary/aromatic N) is 2. The first-order chi connectivity index (χ1) is 7.68. The lowest BCUT2D eigenvalue weighted by Crippen LogP contribution is -2.33. The summed E-state index contributed by atoms with van der Waals surface area (Å²) in [5.74, 6) is 0. The number of hydrogen-bond acceptors (Lipinski definition) is 5. The van der Waals surface area contributed by atoms with Crippen molar-refractivity contribution in [3.8, 4) is 0 Å². The van der Waals surface area contributed by atoms with Crippen LogP contribution < -0.4 is 5.32 Å². The molecule has 1 aromatic rings. The fourth-order valence-electron chi connectivity index (χ4n) is 1.81. The molecule has 5 heteroatoms. The van der Waals surface area contributed by atoms with Crippen LogP contribution in [0.4, 0.5) is 5.69 Å². The van der Waals surface area contributed by atoms with E-state index in [0.717, 1.165) is 12.1 Å². The lowest BCUT2D eigenvalue weighted by molar-refractivity contribution is 0.454. The van der Waals surface area contributed by atoms with Crippen LogP contribution in [0.15, 0.2) is 34.6 Å². The summed E-state index contributed by atoms with van der Waals surface area (Å²) in [5, 5.41) is 9.16. The quantitative estimate of drug-likeness (QED) is 0.608. The first-order valence-electron chi connectivity index (χ1n) is 5.18. The zero-order valence-corrected chi connectivity index (χ0v) is 9.01. The molecule has 2 rings (SSSR count). The smallest absolute Gasteiger partial charge is 0.120 e. The second kappa shape index (κ2) is 4.09. The third kappa shape index (κ3) is 2.14. The van der Waals surface area contributed by atoms with Crippen LogP contribution in [-0.2, 0) is 6.42 Å². The van der Waals surface area contributed by atoms with Crippen molar-refractivity contribution >= 4 is 5.69 Å². The second-order valence-corrected chi connectivity index (χ2v) is 4.34. The Morgan fingerprint density at radius 3 is 2.44 bits per heavy atom. The van der Waals surface area contributed by atoms with Gasteiger partial charge in [-0.15, -0.1) is 4.91 Å². The molecule has 1 fully saturated rings. The summed E-state index contributed by atoms with van der Waals surface area (Å²) < 4.78 is 0. The summed E-state index contributed by atoms with van der Waals surface area (Å²) in [6, 6.07) is 7.08. The minimum Gasteiger partial charge on any atom is -0.309 e. The van der Waals surface area contributed by atoms with Crippen LogP contribution in [0.2, 0.25) is 0 Å². The zero-order chi connectivity index (χ0) is 11.6. The first-order valence-corrected chi connectivity index (χ1v) is 5.18. The van der Waals surface area contributed by atoms with Gasteiger partial charge in [-0.25, -0.2) is 0 Å². The van der Waals surface area contributed by atoms with Gasteiger partial charge in [0.2, 0.25) is 0 Å². The molecule has 1 saturated heterocycles. The van der Waals surface area contributed by atoms with Crippen molar-refractivity contribution in [3.05, 3.63) is 39.6 Å². The van der Waals surface area contributed by atoms with Gasteiger partial charge in [0.15, 0.2) is 0 Å². The monoisotopic (exact) mass is 219 g/mol. The summed E-state index contributed by atoms with van der Waals surface area (Å²) in [7, 11) is 0. The van der Waals surface area contributed by atoms with Gasteiger partial charge in [0, 0.05) is 19.0 Å². The summed E-state index contributed by atoms with van der Waals surface area (Å²) in [6.45, 7) is 2.69. The van der Waals surface area contributed by atoms with Gasteiger partial charge >= 0.3 is 0 Å². The number of benzene rings is 1. The standard InChI is InChI=1S/C11H13N3O2/c1-11(14-16,10-7-12-10)6-8-2-4-9(13-15)5-3-8/h2-5,10,12H,6-7H2,1H3. The van der Waals surface area contributed by atoms with Gasteiger partial charge in [-0.2, -0.15) is 4.91 Å². The van der Waals surface area contributed by atoms with Crippen LogP contribution in [0.25, 0.3) is 0 Å². The van der Waals surface area contributed by atoms with Crippen molar-refractivity contribution in [2.75, 3.05) is 6.54 Å². The Hall–Kier alpha value is -1.62. The summed E-state index contributed by atoms with van der Waals surface area (Å²) in [5.41, 5.74) is 0.785. The Morgan fingerprint density at radius 1 is 1.38 bits per heavy atom. The molecule has 0 bridgehead atoms. The maximum Gasteiger partial charge on any atom is 0.120 e. The van der Waals surface area contributed by atoms with E-state index in [0.29, 0.717) is 12.1 Å². The molecule has 0 amide bonds. The first kappa shape index (κ1) is 10.9. The minimum atomic E-state index is -0.601. The number of rotatable bonds is 5. The molecule has 2 unspecified atom stereocenters. The van der Waals surface area contributed by atoms with E-state index in [9.17, 15) is 9.81 Å². The molecule has 0 spiro atoms. The maximum atomic E-state index is 10.9. The lowest BCUT2D eigenvalue weighted by Gasteiger charge is -2.19. The molecular weight excluding hydrogens is 206 g/mol. The maximum absolute atomic E-state index is 10.9. The highest BCUT2D eigenvalue weighted by molar-refractivity contribution is 5.39. The van der Waals surface area contributed by atoms with E-state index >= 15 is 0 Å².